The van der Waals surface area contributed by atoms with Gasteiger partial charge in [-0.15, -0.1) is 12.4 Å². The first-order valence-electron chi connectivity index (χ1n) is 6.66. The van der Waals surface area contributed by atoms with Gasteiger partial charge in [0.15, 0.2) is 0 Å². The molecule has 0 aromatic carbocycles. The normalized spacial score (nSPS) is 33.4. The Morgan fingerprint density at radius 1 is 1.41 bits per heavy atom. The van der Waals surface area contributed by atoms with Crippen LogP contribution in [0, 0.1) is 11.3 Å². The van der Waals surface area contributed by atoms with Crippen LogP contribution >= 0.6 is 12.4 Å². The minimum atomic E-state index is 0. The van der Waals surface area contributed by atoms with Gasteiger partial charge in [-0.3, -0.25) is 5.32 Å². The molecule has 0 bridgehead atoms. The third-order valence-corrected chi connectivity index (χ3v) is 3.85. The molecular formula is C13H27ClN2O. The van der Waals surface area contributed by atoms with Gasteiger partial charge >= 0.3 is 0 Å². The zero-order chi connectivity index (χ0) is 11.6. The molecule has 2 aliphatic rings. The first-order valence-corrected chi connectivity index (χ1v) is 6.66. The van der Waals surface area contributed by atoms with Gasteiger partial charge < -0.3 is 9.64 Å². The number of ether oxygens (including phenoxy) is 1. The van der Waals surface area contributed by atoms with Crippen LogP contribution in [0.4, 0.5) is 0 Å². The first-order chi connectivity index (χ1) is 7.59. The van der Waals surface area contributed by atoms with Crippen LogP contribution in [0.25, 0.3) is 0 Å². The lowest BCUT2D eigenvalue weighted by molar-refractivity contribution is -0.0666. The summed E-state index contributed by atoms with van der Waals surface area (Å²) in [5, 5.41) is 3.53. The molecule has 2 saturated heterocycles. The number of likely N-dealkylation sites (tertiary alicyclic amines) is 1. The van der Waals surface area contributed by atoms with E-state index >= 15 is 0 Å². The Morgan fingerprint density at radius 3 is 2.71 bits per heavy atom. The summed E-state index contributed by atoms with van der Waals surface area (Å²) in [6.45, 7) is 12.5. The van der Waals surface area contributed by atoms with Crippen molar-refractivity contribution in [1.29, 1.82) is 0 Å². The molecule has 17 heavy (non-hydrogen) atoms. The maximum atomic E-state index is 5.89. The van der Waals surface area contributed by atoms with Gasteiger partial charge in [0.05, 0.1) is 6.61 Å². The Labute approximate surface area is 112 Å². The summed E-state index contributed by atoms with van der Waals surface area (Å²) in [5.74, 6) is 0.832. The average Bonchev–Trinajstić information content (AvgIpc) is 2.69. The largest absolute Gasteiger partial charge is 0.363 e. The molecule has 0 aromatic rings. The second kappa shape index (κ2) is 6.37. The SMILES string of the molecule is CCN1CCC(CC2NCC(C)(C)CO2)C1.Cl. The molecule has 0 amide bonds. The van der Waals surface area contributed by atoms with Crippen LogP contribution in [0.5, 0.6) is 0 Å². The summed E-state index contributed by atoms with van der Waals surface area (Å²) in [4.78, 5) is 2.54. The zero-order valence-electron chi connectivity index (χ0n) is 11.4. The van der Waals surface area contributed by atoms with Crippen LogP contribution in [0.1, 0.15) is 33.6 Å². The summed E-state index contributed by atoms with van der Waals surface area (Å²) in [6, 6.07) is 0. The number of halogens is 1. The van der Waals surface area contributed by atoms with Gasteiger partial charge in [-0.2, -0.15) is 0 Å². The van der Waals surface area contributed by atoms with Gasteiger partial charge in [-0.25, -0.2) is 0 Å². The molecule has 2 atom stereocenters. The van der Waals surface area contributed by atoms with Crippen LogP contribution in [-0.4, -0.2) is 43.9 Å². The molecule has 0 saturated carbocycles. The molecule has 2 unspecified atom stereocenters. The van der Waals surface area contributed by atoms with Crippen LogP contribution < -0.4 is 5.32 Å². The second-order valence-electron chi connectivity index (χ2n) is 6.13. The van der Waals surface area contributed by atoms with Crippen molar-refractivity contribution in [2.75, 3.05) is 32.8 Å². The molecule has 0 spiro atoms. The molecule has 2 aliphatic heterocycles. The summed E-state index contributed by atoms with van der Waals surface area (Å²) < 4.78 is 5.89. The van der Waals surface area contributed by atoms with Crippen molar-refractivity contribution < 1.29 is 4.74 Å². The number of nitrogens with one attached hydrogen (secondary N) is 1. The molecule has 2 fully saturated rings. The molecule has 2 rings (SSSR count). The summed E-state index contributed by atoms with van der Waals surface area (Å²) >= 11 is 0. The van der Waals surface area contributed by atoms with E-state index in [1.165, 1.54) is 32.5 Å². The first kappa shape index (κ1) is 15.2. The molecule has 0 aromatic heterocycles. The molecule has 4 heteroatoms. The van der Waals surface area contributed by atoms with Crippen molar-refractivity contribution >= 4 is 12.4 Å². The summed E-state index contributed by atoms with van der Waals surface area (Å²) in [7, 11) is 0. The van der Waals surface area contributed by atoms with Gasteiger partial charge in [-0.05, 0) is 31.8 Å². The van der Waals surface area contributed by atoms with E-state index in [1.54, 1.807) is 0 Å². The zero-order valence-corrected chi connectivity index (χ0v) is 12.2. The van der Waals surface area contributed by atoms with E-state index in [2.05, 4.69) is 31.0 Å². The Morgan fingerprint density at radius 2 is 2.18 bits per heavy atom. The Balaban J connectivity index is 0.00000144. The number of hydrogen-bond acceptors (Lipinski definition) is 3. The summed E-state index contributed by atoms with van der Waals surface area (Å²) in [6.07, 6.45) is 2.83. The van der Waals surface area contributed by atoms with E-state index < -0.39 is 0 Å². The fourth-order valence-electron chi connectivity index (χ4n) is 2.67. The van der Waals surface area contributed by atoms with E-state index in [0.717, 1.165) is 19.1 Å². The van der Waals surface area contributed by atoms with Crippen molar-refractivity contribution in [2.45, 2.75) is 39.8 Å². The van der Waals surface area contributed by atoms with Crippen LogP contribution in [0.3, 0.4) is 0 Å². The minimum absolute atomic E-state index is 0. The standard InChI is InChI=1S/C13H26N2O.ClH/c1-4-15-6-5-11(8-15)7-12-14-9-13(2,3)10-16-12;/h11-12,14H,4-10H2,1-3H3;1H. The van der Waals surface area contributed by atoms with Gasteiger partial charge in [0.25, 0.3) is 0 Å². The number of rotatable bonds is 3. The Kier molecular flexibility index (Phi) is 5.71. The van der Waals surface area contributed by atoms with Crippen molar-refractivity contribution in [1.82, 2.24) is 10.2 Å². The van der Waals surface area contributed by atoms with E-state index in [4.69, 9.17) is 4.74 Å². The maximum Gasteiger partial charge on any atom is 0.108 e. The third kappa shape index (κ3) is 4.40. The van der Waals surface area contributed by atoms with E-state index in [9.17, 15) is 0 Å². The molecule has 3 nitrogen and oxygen atoms in total. The molecule has 0 aliphatic carbocycles. The third-order valence-electron chi connectivity index (χ3n) is 3.85. The molecular weight excluding hydrogens is 236 g/mol. The van der Waals surface area contributed by atoms with Crippen LogP contribution in [0.15, 0.2) is 0 Å². The molecule has 2 heterocycles. The van der Waals surface area contributed by atoms with Crippen LogP contribution in [-0.2, 0) is 4.74 Å². The van der Waals surface area contributed by atoms with Crippen LogP contribution in [0.2, 0.25) is 0 Å². The lowest BCUT2D eigenvalue weighted by Gasteiger charge is -2.36. The van der Waals surface area contributed by atoms with Gasteiger partial charge in [0.2, 0.25) is 0 Å². The molecule has 0 radical (unpaired) electrons. The highest BCUT2D eigenvalue weighted by Crippen LogP contribution is 2.25. The Bertz CT molecular complexity index is 225. The minimum Gasteiger partial charge on any atom is -0.363 e. The summed E-state index contributed by atoms with van der Waals surface area (Å²) in [5.41, 5.74) is 0.307. The van der Waals surface area contributed by atoms with Crippen molar-refractivity contribution in [3.05, 3.63) is 0 Å². The van der Waals surface area contributed by atoms with Crippen molar-refractivity contribution in [3.8, 4) is 0 Å². The van der Waals surface area contributed by atoms with Crippen molar-refractivity contribution in [3.63, 3.8) is 0 Å². The molecule has 1 N–H and O–H groups in total. The van der Waals surface area contributed by atoms with E-state index in [-0.39, 0.29) is 12.4 Å². The van der Waals surface area contributed by atoms with E-state index in [0.29, 0.717) is 11.6 Å². The highest BCUT2D eigenvalue weighted by Gasteiger charge is 2.30. The predicted molar refractivity (Wildman–Crippen MR) is 73.6 cm³/mol. The number of nitrogens with zero attached hydrogens (tertiary/aromatic N) is 1. The molecule has 102 valence electrons. The fraction of sp³-hybridized carbons (Fsp3) is 1.00. The van der Waals surface area contributed by atoms with Crippen molar-refractivity contribution in [2.24, 2.45) is 11.3 Å². The maximum absolute atomic E-state index is 5.89. The highest BCUT2D eigenvalue weighted by molar-refractivity contribution is 5.85. The Hall–Kier alpha value is 0.170. The van der Waals surface area contributed by atoms with E-state index in [1.807, 2.05) is 0 Å². The fourth-order valence-corrected chi connectivity index (χ4v) is 2.67. The quantitative estimate of drug-likeness (QED) is 0.843. The second-order valence-corrected chi connectivity index (χ2v) is 6.13. The van der Waals surface area contributed by atoms with Gasteiger partial charge in [-0.1, -0.05) is 20.8 Å². The average molecular weight is 263 g/mol. The topological polar surface area (TPSA) is 24.5 Å². The highest BCUT2D eigenvalue weighted by atomic mass is 35.5. The van der Waals surface area contributed by atoms with Gasteiger partial charge in [0, 0.05) is 18.5 Å². The smallest absolute Gasteiger partial charge is 0.108 e. The number of hydrogen-bond donors (Lipinski definition) is 1. The monoisotopic (exact) mass is 262 g/mol. The van der Waals surface area contributed by atoms with Gasteiger partial charge in [0.1, 0.15) is 6.23 Å². The lowest BCUT2D eigenvalue weighted by Crippen LogP contribution is -2.48. The lowest BCUT2D eigenvalue weighted by atomic mass is 9.92. The predicted octanol–water partition coefficient (Wildman–Crippen LogP) is 2.11.